The number of benzene rings is 1. The average Bonchev–Trinajstić information content (AvgIpc) is 2.95. The van der Waals surface area contributed by atoms with Crippen molar-refractivity contribution in [2.45, 2.75) is 45.7 Å². The van der Waals surface area contributed by atoms with Crippen molar-refractivity contribution in [3.05, 3.63) is 40.8 Å². The fraction of sp³-hybridized carbons (Fsp3) is 0.444. The molecule has 1 unspecified atom stereocenters. The molecule has 2 aromatic rings. The molecule has 4 N–H and O–H groups in total. The van der Waals surface area contributed by atoms with Gasteiger partial charge in [-0.3, -0.25) is 4.79 Å². The molecular formula is C18H22F4N4O3. The molecule has 1 heterocycles. The third-order valence-corrected chi connectivity index (χ3v) is 4.18. The summed E-state index contributed by atoms with van der Waals surface area (Å²) in [7, 11) is 0. The molecule has 0 radical (unpaired) electrons. The van der Waals surface area contributed by atoms with Crippen molar-refractivity contribution in [1.82, 2.24) is 9.78 Å². The maximum Gasteiger partial charge on any atom is 0.573 e. The van der Waals surface area contributed by atoms with E-state index in [9.17, 15) is 22.4 Å². The lowest BCUT2D eigenvalue weighted by Gasteiger charge is -2.16. The zero-order valence-corrected chi connectivity index (χ0v) is 15.9. The number of ether oxygens (including phenoxy) is 2. The minimum Gasteiger partial charge on any atom is -0.403 e. The molecule has 0 aliphatic rings. The quantitative estimate of drug-likeness (QED) is 0.479. The van der Waals surface area contributed by atoms with Crippen LogP contribution in [-0.4, -0.2) is 28.7 Å². The third-order valence-electron chi connectivity index (χ3n) is 4.18. The van der Waals surface area contributed by atoms with E-state index in [1.807, 2.05) is 6.92 Å². The van der Waals surface area contributed by atoms with Crippen LogP contribution in [0.1, 0.15) is 54.3 Å². The lowest BCUT2D eigenvalue weighted by Crippen LogP contribution is -2.18. The fourth-order valence-electron chi connectivity index (χ4n) is 2.70. The van der Waals surface area contributed by atoms with Crippen molar-refractivity contribution >= 4 is 11.7 Å². The Kier molecular flexibility index (Phi) is 7.07. The number of rotatable bonds is 9. The Morgan fingerprint density at radius 3 is 2.59 bits per heavy atom. The van der Waals surface area contributed by atoms with E-state index in [1.165, 1.54) is 10.7 Å². The Hall–Kier alpha value is -2.82. The maximum atomic E-state index is 14.0. The SMILES string of the molecule is CCCCOCc1nn(C(C)c2ccc(OC(F)(F)F)c(F)c2)c(N)c1C(N)=O. The second kappa shape index (κ2) is 9.12. The number of unbranched alkanes of at least 4 members (excludes halogenated alkanes) is 1. The van der Waals surface area contributed by atoms with Gasteiger partial charge in [-0.15, -0.1) is 13.2 Å². The second-order valence-electron chi connectivity index (χ2n) is 6.34. The minimum absolute atomic E-state index is 0.00848. The van der Waals surface area contributed by atoms with Gasteiger partial charge in [0.15, 0.2) is 11.6 Å². The molecule has 1 atom stereocenters. The van der Waals surface area contributed by atoms with Crippen molar-refractivity contribution in [1.29, 1.82) is 0 Å². The highest BCUT2D eigenvalue weighted by atomic mass is 19.4. The van der Waals surface area contributed by atoms with Gasteiger partial charge in [0.25, 0.3) is 5.91 Å². The molecule has 11 heteroatoms. The normalized spacial score (nSPS) is 12.8. The molecule has 0 aliphatic heterocycles. The zero-order chi connectivity index (χ0) is 21.8. The molecule has 1 aromatic carbocycles. The number of primary amides is 1. The number of carbonyl (C=O) groups is 1. The lowest BCUT2D eigenvalue weighted by atomic mass is 10.1. The summed E-state index contributed by atoms with van der Waals surface area (Å²) in [6.45, 7) is 4.06. The second-order valence-corrected chi connectivity index (χ2v) is 6.34. The first-order valence-electron chi connectivity index (χ1n) is 8.84. The van der Waals surface area contributed by atoms with Gasteiger partial charge in [-0.25, -0.2) is 9.07 Å². The van der Waals surface area contributed by atoms with E-state index in [0.29, 0.717) is 6.61 Å². The van der Waals surface area contributed by atoms with Gasteiger partial charge in [-0.05, 0) is 31.0 Å². The summed E-state index contributed by atoms with van der Waals surface area (Å²) in [4.78, 5) is 11.8. The number of aromatic nitrogens is 2. The third kappa shape index (κ3) is 5.59. The highest BCUT2D eigenvalue weighted by Gasteiger charge is 2.32. The van der Waals surface area contributed by atoms with E-state index in [-0.39, 0.29) is 29.2 Å². The first-order valence-corrected chi connectivity index (χ1v) is 8.84. The zero-order valence-electron chi connectivity index (χ0n) is 15.9. The lowest BCUT2D eigenvalue weighted by molar-refractivity contribution is -0.275. The molecule has 0 saturated carbocycles. The number of alkyl halides is 3. The van der Waals surface area contributed by atoms with Gasteiger partial charge in [-0.2, -0.15) is 5.10 Å². The Bertz CT molecular complexity index is 868. The van der Waals surface area contributed by atoms with Crippen LogP contribution in [0.5, 0.6) is 5.75 Å². The number of nitrogens with zero attached hydrogens (tertiary/aromatic N) is 2. The Labute approximate surface area is 164 Å². The molecule has 29 heavy (non-hydrogen) atoms. The van der Waals surface area contributed by atoms with Crippen LogP contribution in [0.15, 0.2) is 18.2 Å². The van der Waals surface area contributed by atoms with Crippen LogP contribution in [-0.2, 0) is 11.3 Å². The van der Waals surface area contributed by atoms with Crippen LogP contribution in [0, 0.1) is 5.82 Å². The number of carbonyl (C=O) groups excluding carboxylic acids is 1. The minimum atomic E-state index is -5.01. The fourth-order valence-corrected chi connectivity index (χ4v) is 2.70. The molecule has 0 spiro atoms. The van der Waals surface area contributed by atoms with Gasteiger partial charge in [0.1, 0.15) is 17.1 Å². The van der Waals surface area contributed by atoms with Gasteiger partial charge in [-0.1, -0.05) is 19.4 Å². The van der Waals surface area contributed by atoms with Crippen molar-refractivity contribution in [2.75, 3.05) is 12.3 Å². The number of anilines is 1. The molecule has 2 rings (SSSR count). The van der Waals surface area contributed by atoms with Crippen molar-refractivity contribution in [3.8, 4) is 5.75 Å². The standard InChI is InChI=1S/C18H22F4N4O3/c1-3-4-7-28-9-13-15(17(24)27)16(23)26(25-13)10(2)11-5-6-14(12(19)8-11)29-18(20,21)22/h5-6,8,10H,3-4,7,9,23H2,1-2H3,(H2,24,27). The van der Waals surface area contributed by atoms with E-state index < -0.39 is 29.9 Å². The summed E-state index contributed by atoms with van der Waals surface area (Å²) < 4.78 is 61.2. The highest BCUT2D eigenvalue weighted by molar-refractivity contribution is 5.98. The average molecular weight is 418 g/mol. The maximum absolute atomic E-state index is 14.0. The number of amides is 1. The topological polar surface area (TPSA) is 105 Å². The van der Waals surface area contributed by atoms with Crippen molar-refractivity contribution < 1.29 is 31.8 Å². The molecule has 0 aliphatic carbocycles. The van der Waals surface area contributed by atoms with Gasteiger partial charge in [0.2, 0.25) is 0 Å². The molecular weight excluding hydrogens is 396 g/mol. The molecule has 7 nitrogen and oxygen atoms in total. The van der Waals surface area contributed by atoms with Crippen LogP contribution in [0.2, 0.25) is 0 Å². The predicted octanol–water partition coefficient (Wildman–Crippen LogP) is 3.53. The summed E-state index contributed by atoms with van der Waals surface area (Å²) in [5, 5.41) is 4.25. The number of halogens is 4. The van der Waals surface area contributed by atoms with Gasteiger partial charge in [0, 0.05) is 6.61 Å². The Morgan fingerprint density at radius 2 is 2.03 bits per heavy atom. The van der Waals surface area contributed by atoms with E-state index >= 15 is 0 Å². The first-order chi connectivity index (χ1) is 13.5. The Balaban J connectivity index is 2.31. The number of hydrogen-bond acceptors (Lipinski definition) is 5. The van der Waals surface area contributed by atoms with Crippen molar-refractivity contribution in [3.63, 3.8) is 0 Å². The molecule has 160 valence electrons. The number of nitrogens with two attached hydrogens (primary N) is 2. The number of nitrogen functional groups attached to an aromatic ring is 1. The summed E-state index contributed by atoms with van der Waals surface area (Å²) in [5.41, 5.74) is 11.9. The van der Waals surface area contributed by atoms with Crippen molar-refractivity contribution in [2.24, 2.45) is 5.73 Å². The van der Waals surface area contributed by atoms with Gasteiger partial charge >= 0.3 is 6.36 Å². The van der Waals surface area contributed by atoms with Crippen LogP contribution < -0.4 is 16.2 Å². The molecule has 1 aromatic heterocycles. The van der Waals surface area contributed by atoms with E-state index in [1.54, 1.807) is 6.92 Å². The van der Waals surface area contributed by atoms with Gasteiger partial charge in [0.05, 0.1) is 12.6 Å². The molecule has 0 saturated heterocycles. The first kappa shape index (κ1) is 22.5. The van der Waals surface area contributed by atoms with Crippen LogP contribution >= 0.6 is 0 Å². The Morgan fingerprint density at radius 1 is 1.34 bits per heavy atom. The van der Waals surface area contributed by atoms with E-state index in [2.05, 4.69) is 9.84 Å². The summed E-state index contributed by atoms with van der Waals surface area (Å²) in [5.74, 6) is -2.99. The van der Waals surface area contributed by atoms with Crippen LogP contribution in [0.25, 0.3) is 0 Å². The molecule has 0 fully saturated rings. The highest BCUT2D eigenvalue weighted by Crippen LogP contribution is 2.30. The van der Waals surface area contributed by atoms with Gasteiger partial charge < -0.3 is 20.9 Å². The van der Waals surface area contributed by atoms with Crippen LogP contribution in [0.3, 0.4) is 0 Å². The molecule has 1 amide bonds. The monoisotopic (exact) mass is 418 g/mol. The molecule has 0 bridgehead atoms. The van der Waals surface area contributed by atoms with E-state index in [4.69, 9.17) is 16.2 Å². The summed E-state index contributed by atoms with van der Waals surface area (Å²) >= 11 is 0. The summed E-state index contributed by atoms with van der Waals surface area (Å²) in [6, 6.07) is 2.29. The predicted molar refractivity (Wildman–Crippen MR) is 96.6 cm³/mol. The van der Waals surface area contributed by atoms with E-state index in [0.717, 1.165) is 25.0 Å². The summed E-state index contributed by atoms with van der Waals surface area (Å²) in [6.07, 6.45) is -3.26. The number of hydrogen-bond donors (Lipinski definition) is 2. The largest absolute Gasteiger partial charge is 0.573 e. The van der Waals surface area contributed by atoms with Crippen LogP contribution in [0.4, 0.5) is 23.4 Å². The smallest absolute Gasteiger partial charge is 0.403 e.